The maximum atomic E-state index is 12.0. The number of amides is 2. The summed E-state index contributed by atoms with van der Waals surface area (Å²) >= 11 is 0. The summed E-state index contributed by atoms with van der Waals surface area (Å²) in [5.41, 5.74) is 1.22. The van der Waals surface area contributed by atoms with E-state index in [1.54, 1.807) is 0 Å². The average Bonchev–Trinajstić information content (AvgIpc) is 2.59. The average molecular weight is 347 g/mol. The van der Waals surface area contributed by atoms with Gasteiger partial charge in [-0.05, 0) is 31.9 Å². The van der Waals surface area contributed by atoms with Gasteiger partial charge in [0.05, 0.1) is 18.8 Å². The first-order chi connectivity index (χ1) is 12.1. The standard InChI is InChI=1S/C19H29N3O3/c1-14-11-22(12-15(2)25-14)8-7-20-19(23)21-10-16-9-17-5-3-4-6-18(17)24-13-16/h3-6,14-16H,7-13H2,1-2H3,(H2,20,21,23). The summed E-state index contributed by atoms with van der Waals surface area (Å²) in [6, 6.07) is 8.00. The highest BCUT2D eigenvalue weighted by molar-refractivity contribution is 5.73. The number of ether oxygens (including phenoxy) is 2. The minimum Gasteiger partial charge on any atom is -0.493 e. The van der Waals surface area contributed by atoms with E-state index in [4.69, 9.17) is 9.47 Å². The molecule has 0 aromatic heterocycles. The number of nitrogens with zero attached hydrogens (tertiary/aromatic N) is 1. The van der Waals surface area contributed by atoms with Crippen molar-refractivity contribution >= 4 is 6.03 Å². The largest absolute Gasteiger partial charge is 0.493 e. The quantitative estimate of drug-likeness (QED) is 0.850. The number of nitrogens with one attached hydrogen (secondary N) is 2. The van der Waals surface area contributed by atoms with Crippen LogP contribution in [0.4, 0.5) is 4.79 Å². The first kappa shape index (κ1) is 18.0. The van der Waals surface area contributed by atoms with Gasteiger partial charge in [-0.25, -0.2) is 4.79 Å². The second kappa shape index (κ2) is 8.54. The molecule has 3 rings (SSSR count). The lowest BCUT2D eigenvalue weighted by atomic mass is 9.97. The van der Waals surface area contributed by atoms with Gasteiger partial charge in [0, 0.05) is 38.6 Å². The predicted octanol–water partition coefficient (Wildman–Crippen LogP) is 1.65. The summed E-state index contributed by atoms with van der Waals surface area (Å²) < 4.78 is 11.5. The zero-order valence-corrected chi connectivity index (χ0v) is 15.2. The molecule has 0 spiro atoms. The van der Waals surface area contributed by atoms with Crippen LogP contribution in [0.5, 0.6) is 5.75 Å². The molecule has 0 radical (unpaired) electrons. The van der Waals surface area contributed by atoms with E-state index in [2.05, 4.69) is 35.4 Å². The maximum absolute atomic E-state index is 12.0. The number of hydrogen-bond donors (Lipinski definition) is 2. The normalized spacial score (nSPS) is 26.4. The second-order valence-corrected chi connectivity index (χ2v) is 7.14. The summed E-state index contributed by atoms with van der Waals surface area (Å²) in [6.45, 7) is 8.81. The molecule has 2 N–H and O–H groups in total. The molecule has 6 nitrogen and oxygen atoms in total. The molecule has 0 aliphatic carbocycles. The SMILES string of the molecule is CC1CN(CCNC(=O)NCC2COc3ccccc3C2)CC(C)O1. The topological polar surface area (TPSA) is 62.8 Å². The molecule has 1 fully saturated rings. The molecule has 1 aromatic carbocycles. The van der Waals surface area contributed by atoms with Gasteiger partial charge in [-0.1, -0.05) is 18.2 Å². The van der Waals surface area contributed by atoms with Crippen molar-refractivity contribution in [3.8, 4) is 5.75 Å². The summed E-state index contributed by atoms with van der Waals surface area (Å²) in [5, 5.41) is 5.91. The number of para-hydroxylation sites is 1. The van der Waals surface area contributed by atoms with Crippen LogP contribution in [0.15, 0.2) is 24.3 Å². The Kier molecular flexibility index (Phi) is 6.15. The molecule has 25 heavy (non-hydrogen) atoms. The minimum atomic E-state index is -0.104. The zero-order chi connectivity index (χ0) is 17.6. The summed E-state index contributed by atoms with van der Waals surface area (Å²) in [5.74, 6) is 1.29. The molecule has 3 atom stereocenters. The fraction of sp³-hybridized carbons (Fsp3) is 0.632. The van der Waals surface area contributed by atoms with Gasteiger partial charge in [-0.15, -0.1) is 0 Å². The van der Waals surface area contributed by atoms with Gasteiger partial charge in [0.1, 0.15) is 5.75 Å². The molecule has 1 aromatic rings. The van der Waals surface area contributed by atoms with Gasteiger partial charge in [0.15, 0.2) is 0 Å². The Morgan fingerprint density at radius 3 is 2.76 bits per heavy atom. The van der Waals surface area contributed by atoms with Crippen LogP contribution >= 0.6 is 0 Å². The number of carbonyl (C=O) groups is 1. The van der Waals surface area contributed by atoms with Crippen LogP contribution in [0.3, 0.4) is 0 Å². The molecule has 0 bridgehead atoms. The second-order valence-electron chi connectivity index (χ2n) is 7.14. The lowest BCUT2D eigenvalue weighted by Gasteiger charge is -2.35. The molecule has 1 saturated heterocycles. The van der Waals surface area contributed by atoms with Crippen LogP contribution in [-0.4, -0.2) is 62.5 Å². The van der Waals surface area contributed by atoms with E-state index in [0.717, 1.165) is 31.8 Å². The van der Waals surface area contributed by atoms with E-state index < -0.39 is 0 Å². The van der Waals surface area contributed by atoms with Gasteiger partial charge in [0.2, 0.25) is 0 Å². The van der Waals surface area contributed by atoms with Gasteiger partial charge in [-0.3, -0.25) is 4.90 Å². The van der Waals surface area contributed by atoms with E-state index in [9.17, 15) is 4.79 Å². The molecule has 2 aliphatic heterocycles. The summed E-state index contributed by atoms with van der Waals surface area (Å²) in [4.78, 5) is 14.3. The van der Waals surface area contributed by atoms with E-state index in [1.807, 2.05) is 18.2 Å². The number of carbonyl (C=O) groups excluding carboxylic acids is 1. The molecule has 138 valence electrons. The lowest BCUT2D eigenvalue weighted by Crippen LogP contribution is -2.49. The van der Waals surface area contributed by atoms with Crippen molar-refractivity contribution in [2.75, 3.05) is 39.3 Å². The highest BCUT2D eigenvalue weighted by Gasteiger charge is 2.22. The van der Waals surface area contributed by atoms with E-state index in [0.29, 0.717) is 25.6 Å². The van der Waals surface area contributed by atoms with Gasteiger partial charge >= 0.3 is 6.03 Å². The number of morpholine rings is 1. The molecule has 2 heterocycles. The van der Waals surface area contributed by atoms with Crippen molar-refractivity contribution in [3.05, 3.63) is 29.8 Å². The summed E-state index contributed by atoms with van der Waals surface area (Å²) in [7, 11) is 0. The van der Waals surface area contributed by atoms with Crippen molar-refractivity contribution in [2.24, 2.45) is 5.92 Å². The van der Waals surface area contributed by atoms with Crippen molar-refractivity contribution in [1.29, 1.82) is 0 Å². The van der Waals surface area contributed by atoms with Crippen molar-refractivity contribution in [1.82, 2.24) is 15.5 Å². The number of hydrogen-bond acceptors (Lipinski definition) is 4. The Bertz CT molecular complexity index is 571. The van der Waals surface area contributed by atoms with Gasteiger partial charge in [0.25, 0.3) is 0 Å². The maximum Gasteiger partial charge on any atom is 0.314 e. The zero-order valence-electron chi connectivity index (χ0n) is 15.2. The first-order valence-electron chi connectivity index (χ1n) is 9.20. The highest BCUT2D eigenvalue weighted by atomic mass is 16.5. The van der Waals surface area contributed by atoms with E-state index >= 15 is 0 Å². The molecule has 2 aliphatic rings. The third-order valence-electron chi connectivity index (χ3n) is 4.72. The number of fused-ring (bicyclic) bond motifs is 1. The van der Waals surface area contributed by atoms with E-state index in [1.165, 1.54) is 5.56 Å². The number of urea groups is 1. The Balaban J connectivity index is 1.32. The molecular formula is C19H29N3O3. The predicted molar refractivity (Wildman–Crippen MR) is 97.0 cm³/mol. The van der Waals surface area contributed by atoms with Crippen molar-refractivity contribution in [2.45, 2.75) is 32.5 Å². The van der Waals surface area contributed by atoms with Crippen molar-refractivity contribution < 1.29 is 14.3 Å². The number of rotatable bonds is 5. The molecular weight excluding hydrogens is 318 g/mol. The lowest BCUT2D eigenvalue weighted by molar-refractivity contribution is -0.0672. The van der Waals surface area contributed by atoms with Crippen LogP contribution in [0, 0.1) is 5.92 Å². The van der Waals surface area contributed by atoms with E-state index in [-0.39, 0.29) is 18.2 Å². The highest BCUT2D eigenvalue weighted by Crippen LogP contribution is 2.26. The van der Waals surface area contributed by atoms with Crippen LogP contribution in [0.2, 0.25) is 0 Å². The van der Waals surface area contributed by atoms with Crippen LogP contribution in [0.25, 0.3) is 0 Å². The molecule has 2 amide bonds. The smallest absolute Gasteiger partial charge is 0.314 e. The van der Waals surface area contributed by atoms with Crippen LogP contribution in [0.1, 0.15) is 19.4 Å². The van der Waals surface area contributed by atoms with Crippen LogP contribution < -0.4 is 15.4 Å². The monoisotopic (exact) mass is 347 g/mol. The fourth-order valence-corrected chi connectivity index (χ4v) is 3.62. The Morgan fingerprint density at radius 2 is 1.96 bits per heavy atom. The third kappa shape index (κ3) is 5.34. The molecule has 0 saturated carbocycles. The minimum absolute atomic E-state index is 0.104. The fourth-order valence-electron chi connectivity index (χ4n) is 3.62. The Morgan fingerprint density at radius 1 is 1.20 bits per heavy atom. The van der Waals surface area contributed by atoms with Crippen LogP contribution in [-0.2, 0) is 11.2 Å². The third-order valence-corrected chi connectivity index (χ3v) is 4.72. The Hall–Kier alpha value is -1.79. The van der Waals surface area contributed by atoms with Gasteiger partial charge < -0.3 is 20.1 Å². The van der Waals surface area contributed by atoms with Gasteiger partial charge in [-0.2, -0.15) is 0 Å². The molecule has 6 heteroatoms. The van der Waals surface area contributed by atoms with Crippen molar-refractivity contribution in [3.63, 3.8) is 0 Å². The number of benzene rings is 1. The molecule has 3 unspecified atom stereocenters. The summed E-state index contributed by atoms with van der Waals surface area (Å²) in [6.07, 6.45) is 1.46. The Labute approximate surface area is 149 Å². The first-order valence-corrected chi connectivity index (χ1v) is 9.20.